The van der Waals surface area contributed by atoms with Gasteiger partial charge in [-0.2, -0.15) is 0 Å². The molecule has 0 fully saturated rings. The van der Waals surface area contributed by atoms with Crippen LogP contribution in [-0.2, 0) is 4.74 Å². The lowest BCUT2D eigenvalue weighted by molar-refractivity contribution is 0.0527. The third-order valence-electron chi connectivity index (χ3n) is 2.47. The summed E-state index contributed by atoms with van der Waals surface area (Å²) in [5, 5.41) is 0. The first-order chi connectivity index (χ1) is 8.47. The van der Waals surface area contributed by atoms with E-state index in [1.807, 2.05) is 11.9 Å². The van der Waals surface area contributed by atoms with Gasteiger partial charge in [0.05, 0.1) is 17.9 Å². The summed E-state index contributed by atoms with van der Waals surface area (Å²) >= 11 is 0. The Morgan fingerprint density at radius 1 is 1.56 bits per heavy atom. The number of hydrogen-bond acceptors (Lipinski definition) is 5. The molecule has 0 atom stereocenters. The number of carbonyl (C=O) groups excluding carboxylic acids is 1. The first-order valence-corrected chi connectivity index (χ1v) is 6.10. The molecule has 0 aliphatic carbocycles. The van der Waals surface area contributed by atoms with E-state index in [4.69, 9.17) is 10.5 Å². The van der Waals surface area contributed by atoms with Crippen LogP contribution < -0.4 is 10.6 Å². The van der Waals surface area contributed by atoms with E-state index in [0.29, 0.717) is 29.6 Å². The van der Waals surface area contributed by atoms with Crippen LogP contribution in [-0.4, -0.2) is 31.2 Å². The molecular weight excluding hydrogens is 230 g/mol. The van der Waals surface area contributed by atoms with E-state index < -0.39 is 5.97 Å². The van der Waals surface area contributed by atoms with Crippen LogP contribution in [0.4, 0.5) is 11.5 Å². The van der Waals surface area contributed by atoms with Crippen molar-refractivity contribution in [1.29, 1.82) is 0 Å². The number of anilines is 2. The molecular formula is C13H21N3O2. The number of hydrogen-bond donors (Lipinski definition) is 1. The number of esters is 1. The number of pyridine rings is 1. The smallest absolute Gasteiger partial charge is 0.340 e. The number of ether oxygens (including phenoxy) is 1. The average molecular weight is 251 g/mol. The van der Waals surface area contributed by atoms with Crippen molar-refractivity contribution in [2.75, 3.05) is 30.8 Å². The van der Waals surface area contributed by atoms with Gasteiger partial charge < -0.3 is 15.4 Å². The van der Waals surface area contributed by atoms with Gasteiger partial charge in [-0.25, -0.2) is 9.78 Å². The highest BCUT2D eigenvalue weighted by Crippen LogP contribution is 2.24. The van der Waals surface area contributed by atoms with Crippen molar-refractivity contribution in [3.63, 3.8) is 0 Å². The molecule has 5 nitrogen and oxygen atoms in total. The number of aromatic nitrogens is 1. The fraction of sp³-hybridized carbons (Fsp3) is 0.538. The second-order valence-corrected chi connectivity index (χ2v) is 4.59. The summed E-state index contributed by atoms with van der Waals surface area (Å²) in [4.78, 5) is 17.9. The van der Waals surface area contributed by atoms with Crippen LogP contribution in [0.25, 0.3) is 0 Å². The lowest BCUT2D eigenvalue weighted by Crippen LogP contribution is -2.25. The molecule has 1 rings (SSSR count). The predicted octanol–water partition coefficient (Wildman–Crippen LogP) is 1.93. The summed E-state index contributed by atoms with van der Waals surface area (Å²) in [6.07, 6.45) is 1.58. The molecule has 0 aromatic carbocycles. The van der Waals surface area contributed by atoms with E-state index in [-0.39, 0.29) is 0 Å². The Hall–Kier alpha value is -1.78. The molecule has 100 valence electrons. The van der Waals surface area contributed by atoms with Crippen molar-refractivity contribution >= 4 is 17.5 Å². The minimum absolute atomic E-state index is 0.331. The Morgan fingerprint density at radius 3 is 2.78 bits per heavy atom. The van der Waals surface area contributed by atoms with E-state index in [1.165, 1.54) is 0 Å². The lowest BCUT2D eigenvalue weighted by Gasteiger charge is -2.22. The second kappa shape index (κ2) is 6.23. The van der Waals surface area contributed by atoms with Crippen molar-refractivity contribution in [3.8, 4) is 0 Å². The zero-order valence-electron chi connectivity index (χ0n) is 11.4. The topological polar surface area (TPSA) is 68.5 Å². The van der Waals surface area contributed by atoms with E-state index in [9.17, 15) is 4.79 Å². The van der Waals surface area contributed by atoms with Crippen molar-refractivity contribution in [2.45, 2.75) is 20.8 Å². The molecule has 0 radical (unpaired) electrons. The van der Waals surface area contributed by atoms with Gasteiger partial charge >= 0.3 is 5.97 Å². The Bertz CT molecular complexity index is 419. The molecule has 0 amide bonds. The summed E-state index contributed by atoms with van der Waals surface area (Å²) in [6.45, 7) is 7.14. The Balaban J connectivity index is 3.01. The first kappa shape index (κ1) is 14.3. The molecule has 0 saturated carbocycles. The molecule has 18 heavy (non-hydrogen) atoms. The van der Waals surface area contributed by atoms with Crippen molar-refractivity contribution in [2.24, 2.45) is 5.92 Å². The van der Waals surface area contributed by atoms with Gasteiger partial charge in [-0.3, -0.25) is 0 Å². The molecule has 0 unspecified atom stereocenters. The molecule has 0 aliphatic rings. The molecule has 5 heteroatoms. The van der Waals surface area contributed by atoms with E-state index in [2.05, 4.69) is 18.8 Å². The van der Waals surface area contributed by atoms with Gasteiger partial charge in [0.1, 0.15) is 0 Å². The quantitative estimate of drug-likeness (QED) is 0.810. The van der Waals surface area contributed by atoms with Crippen LogP contribution in [0, 0.1) is 5.92 Å². The van der Waals surface area contributed by atoms with Gasteiger partial charge in [-0.1, -0.05) is 13.8 Å². The highest BCUT2D eigenvalue weighted by molar-refractivity contribution is 5.97. The molecule has 0 aliphatic heterocycles. The third kappa shape index (κ3) is 3.35. The van der Waals surface area contributed by atoms with Crippen molar-refractivity contribution in [3.05, 3.63) is 17.8 Å². The maximum atomic E-state index is 11.7. The Labute approximate surface area is 108 Å². The van der Waals surface area contributed by atoms with Crippen molar-refractivity contribution in [1.82, 2.24) is 4.98 Å². The standard InChI is InChI=1S/C13H21N3O2/c1-5-18-13(17)10-6-7-15-12(11(10)14)16(4)8-9(2)3/h6-7,9H,5,8,14H2,1-4H3. The maximum absolute atomic E-state index is 11.7. The molecule has 1 aromatic heterocycles. The minimum atomic E-state index is -0.406. The highest BCUT2D eigenvalue weighted by Gasteiger charge is 2.17. The summed E-state index contributed by atoms with van der Waals surface area (Å²) in [7, 11) is 1.91. The van der Waals surface area contributed by atoms with Crippen LogP contribution in [0.2, 0.25) is 0 Å². The summed E-state index contributed by atoms with van der Waals surface area (Å²) in [5.74, 6) is 0.702. The number of nitrogens with zero attached hydrogens (tertiary/aromatic N) is 2. The predicted molar refractivity (Wildman–Crippen MR) is 72.7 cm³/mol. The Morgan fingerprint density at radius 2 is 2.22 bits per heavy atom. The summed E-state index contributed by atoms with van der Waals surface area (Å²) < 4.78 is 4.96. The number of rotatable bonds is 5. The molecule has 1 aromatic rings. The monoisotopic (exact) mass is 251 g/mol. The van der Waals surface area contributed by atoms with Gasteiger partial charge in [-0.05, 0) is 18.9 Å². The van der Waals surface area contributed by atoms with E-state index >= 15 is 0 Å². The minimum Gasteiger partial charge on any atom is -0.462 e. The van der Waals surface area contributed by atoms with E-state index in [1.54, 1.807) is 19.2 Å². The van der Waals surface area contributed by atoms with Crippen LogP contribution in [0.5, 0.6) is 0 Å². The normalized spacial score (nSPS) is 10.5. The van der Waals surface area contributed by atoms with E-state index in [0.717, 1.165) is 6.54 Å². The van der Waals surface area contributed by atoms with Gasteiger partial charge in [0.15, 0.2) is 5.82 Å². The van der Waals surface area contributed by atoms with Gasteiger partial charge in [-0.15, -0.1) is 0 Å². The lowest BCUT2D eigenvalue weighted by atomic mass is 10.2. The zero-order chi connectivity index (χ0) is 13.7. The zero-order valence-corrected chi connectivity index (χ0v) is 11.4. The maximum Gasteiger partial charge on any atom is 0.340 e. The van der Waals surface area contributed by atoms with Crippen molar-refractivity contribution < 1.29 is 9.53 Å². The number of nitrogen functional groups attached to an aromatic ring is 1. The molecule has 1 heterocycles. The second-order valence-electron chi connectivity index (χ2n) is 4.59. The van der Waals surface area contributed by atoms with Gasteiger partial charge in [0, 0.05) is 19.8 Å². The number of nitrogens with two attached hydrogens (primary N) is 1. The summed E-state index contributed by atoms with van der Waals surface area (Å²) in [5.41, 5.74) is 6.73. The fourth-order valence-electron chi connectivity index (χ4n) is 1.79. The molecule has 0 saturated heterocycles. The van der Waals surface area contributed by atoms with Gasteiger partial charge in [0.25, 0.3) is 0 Å². The molecule has 0 spiro atoms. The fourth-order valence-corrected chi connectivity index (χ4v) is 1.79. The van der Waals surface area contributed by atoms with Crippen LogP contribution in [0.3, 0.4) is 0 Å². The highest BCUT2D eigenvalue weighted by atomic mass is 16.5. The third-order valence-corrected chi connectivity index (χ3v) is 2.47. The average Bonchev–Trinajstić information content (AvgIpc) is 2.28. The van der Waals surface area contributed by atoms with Gasteiger partial charge in [0.2, 0.25) is 0 Å². The largest absolute Gasteiger partial charge is 0.462 e. The Kier molecular flexibility index (Phi) is 4.95. The SMILES string of the molecule is CCOC(=O)c1ccnc(N(C)CC(C)C)c1N. The molecule has 0 bridgehead atoms. The first-order valence-electron chi connectivity index (χ1n) is 6.10. The number of carbonyl (C=O) groups is 1. The summed E-state index contributed by atoms with van der Waals surface area (Å²) in [6, 6.07) is 1.58. The molecule has 2 N–H and O–H groups in total. The van der Waals surface area contributed by atoms with Crippen LogP contribution in [0.15, 0.2) is 12.3 Å². The van der Waals surface area contributed by atoms with Crippen LogP contribution in [0.1, 0.15) is 31.1 Å². The van der Waals surface area contributed by atoms with Crippen LogP contribution >= 0.6 is 0 Å².